The zero-order chi connectivity index (χ0) is 8.43. The molecule has 0 aromatic heterocycles. The summed E-state index contributed by atoms with van der Waals surface area (Å²) < 4.78 is 0. The van der Waals surface area contributed by atoms with Gasteiger partial charge in [-0.25, -0.2) is 0 Å². The van der Waals surface area contributed by atoms with Gasteiger partial charge in [0.1, 0.15) is 0 Å². The number of hydrogen-bond donors (Lipinski definition) is 1. The number of rotatable bonds is 2. The Balaban J connectivity index is 0.00000121. The van der Waals surface area contributed by atoms with Crippen LogP contribution in [0.15, 0.2) is 0 Å². The Labute approximate surface area is 77.9 Å². The van der Waals surface area contributed by atoms with Crippen molar-refractivity contribution in [3.63, 3.8) is 0 Å². The van der Waals surface area contributed by atoms with Crippen LogP contribution in [0.5, 0.6) is 0 Å². The molecule has 0 saturated carbocycles. The van der Waals surface area contributed by atoms with Gasteiger partial charge in [-0.15, -0.1) is 0 Å². The van der Waals surface area contributed by atoms with Crippen molar-refractivity contribution in [3.8, 4) is 0 Å². The molecular formula is C11H25N. The van der Waals surface area contributed by atoms with E-state index >= 15 is 0 Å². The van der Waals surface area contributed by atoms with Gasteiger partial charge in [-0.1, -0.05) is 35.1 Å². The molecule has 0 spiro atoms. The van der Waals surface area contributed by atoms with Crippen molar-refractivity contribution in [2.24, 2.45) is 11.8 Å². The summed E-state index contributed by atoms with van der Waals surface area (Å²) >= 11 is 0. The molecule has 0 aliphatic carbocycles. The van der Waals surface area contributed by atoms with E-state index in [0.29, 0.717) is 0 Å². The van der Waals surface area contributed by atoms with Crippen molar-refractivity contribution in [3.05, 3.63) is 0 Å². The summed E-state index contributed by atoms with van der Waals surface area (Å²) in [4.78, 5) is 0. The monoisotopic (exact) mass is 171 g/mol. The predicted molar refractivity (Wildman–Crippen MR) is 56.4 cm³/mol. The summed E-state index contributed by atoms with van der Waals surface area (Å²) in [6, 6.07) is 1.56. The fourth-order valence-electron chi connectivity index (χ4n) is 1.85. The van der Waals surface area contributed by atoms with E-state index in [-0.39, 0.29) is 7.43 Å². The molecule has 1 aliphatic heterocycles. The first-order valence-corrected chi connectivity index (χ1v) is 4.87. The van der Waals surface area contributed by atoms with Gasteiger partial charge in [-0.2, -0.15) is 0 Å². The molecule has 1 rings (SSSR count). The normalized spacial score (nSPS) is 29.5. The predicted octanol–water partition coefficient (Wildman–Crippen LogP) is 3.06. The van der Waals surface area contributed by atoms with Crippen LogP contribution in [0.4, 0.5) is 0 Å². The molecular weight excluding hydrogens is 146 g/mol. The molecule has 0 bridgehead atoms. The van der Waals surface area contributed by atoms with Gasteiger partial charge in [0.25, 0.3) is 0 Å². The Morgan fingerprint density at radius 1 is 0.917 bits per heavy atom. The van der Waals surface area contributed by atoms with E-state index in [2.05, 4.69) is 33.0 Å². The van der Waals surface area contributed by atoms with E-state index in [1.165, 1.54) is 12.8 Å². The van der Waals surface area contributed by atoms with Crippen LogP contribution >= 0.6 is 0 Å². The van der Waals surface area contributed by atoms with Crippen LogP contribution < -0.4 is 5.32 Å². The van der Waals surface area contributed by atoms with Gasteiger partial charge < -0.3 is 5.32 Å². The van der Waals surface area contributed by atoms with Crippen molar-refractivity contribution in [2.45, 2.75) is 60.0 Å². The van der Waals surface area contributed by atoms with E-state index < -0.39 is 0 Å². The quantitative estimate of drug-likeness (QED) is 0.673. The minimum Gasteiger partial charge on any atom is -0.311 e. The summed E-state index contributed by atoms with van der Waals surface area (Å²) in [7, 11) is 0. The zero-order valence-corrected chi connectivity index (χ0v) is 8.22. The Kier molecular flexibility index (Phi) is 4.84. The van der Waals surface area contributed by atoms with Gasteiger partial charge in [0.2, 0.25) is 0 Å². The molecule has 0 aromatic rings. The summed E-state index contributed by atoms with van der Waals surface area (Å²) in [5, 5.41) is 3.69. The third kappa shape index (κ3) is 2.78. The van der Waals surface area contributed by atoms with E-state index in [4.69, 9.17) is 0 Å². The summed E-state index contributed by atoms with van der Waals surface area (Å²) in [6.07, 6.45) is 2.75. The van der Waals surface area contributed by atoms with Crippen molar-refractivity contribution < 1.29 is 0 Å². The second-order valence-corrected chi connectivity index (χ2v) is 4.45. The highest BCUT2D eigenvalue weighted by Gasteiger charge is 2.27. The van der Waals surface area contributed by atoms with Crippen molar-refractivity contribution in [1.82, 2.24) is 5.32 Å². The first-order chi connectivity index (χ1) is 5.11. The SMILES string of the molecule is C.CC(C)C1CCC(C(C)C)N1. The van der Waals surface area contributed by atoms with E-state index in [1.807, 2.05) is 0 Å². The molecule has 0 radical (unpaired) electrons. The minimum absolute atomic E-state index is 0. The van der Waals surface area contributed by atoms with Crippen LogP contribution in [-0.2, 0) is 0 Å². The summed E-state index contributed by atoms with van der Waals surface area (Å²) in [5.41, 5.74) is 0. The van der Waals surface area contributed by atoms with Crippen LogP contribution in [0.25, 0.3) is 0 Å². The van der Waals surface area contributed by atoms with Crippen LogP contribution in [-0.4, -0.2) is 12.1 Å². The molecule has 12 heavy (non-hydrogen) atoms. The molecule has 74 valence electrons. The second-order valence-electron chi connectivity index (χ2n) is 4.45. The van der Waals surface area contributed by atoms with Crippen molar-refractivity contribution >= 4 is 0 Å². The lowest BCUT2D eigenvalue weighted by Crippen LogP contribution is -2.35. The lowest BCUT2D eigenvalue weighted by Gasteiger charge is -2.19. The molecule has 1 saturated heterocycles. The lowest BCUT2D eigenvalue weighted by molar-refractivity contribution is 0.386. The third-order valence-corrected chi connectivity index (χ3v) is 2.83. The van der Waals surface area contributed by atoms with Gasteiger partial charge in [0, 0.05) is 12.1 Å². The largest absolute Gasteiger partial charge is 0.311 e. The van der Waals surface area contributed by atoms with Crippen molar-refractivity contribution in [1.29, 1.82) is 0 Å². The Hall–Kier alpha value is -0.0400. The van der Waals surface area contributed by atoms with E-state index in [0.717, 1.165) is 23.9 Å². The second kappa shape index (κ2) is 4.86. The minimum atomic E-state index is 0. The first-order valence-electron chi connectivity index (χ1n) is 4.87. The Bertz CT molecular complexity index is 104. The molecule has 1 fully saturated rings. The third-order valence-electron chi connectivity index (χ3n) is 2.83. The van der Waals surface area contributed by atoms with Gasteiger partial charge in [0.05, 0.1) is 0 Å². The zero-order valence-electron chi connectivity index (χ0n) is 8.22. The first kappa shape index (κ1) is 12.0. The summed E-state index contributed by atoms with van der Waals surface area (Å²) in [6.45, 7) is 9.22. The van der Waals surface area contributed by atoms with Gasteiger partial charge >= 0.3 is 0 Å². The standard InChI is InChI=1S/C10H21N.CH4/c1-7(2)9-5-6-10(11-9)8(3)4;/h7-11H,5-6H2,1-4H3;1H4. The Morgan fingerprint density at radius 2 is 1.25 bits per heavy atom. The molecule has 1 nitrogen and oxygen atoms in total. The molecule has 0 aromatic carbocycles. The topological polar surface area (TPSA) is 12.0 Å². The van der Waals surface area contributed by atoms with Crippen LogP contribution in [0.2, 0.25) is 0 Å². The summed E-state index contributed by atoms with van der Waals surface area (Å²) in [5.74, 6) is 1.61. The van der Waals surface area contributed by atoms with Crippen LogP contribution in [0.1, 0.15) is 48.0 Å². The van der Waals surface area contributed by atoms with Gasteiger partial charge in [-0.05, 0) is 24.7 Å². The van der Waals surface area contributed by atoms with Crippen molar-refractivity contribution in [2.75, 3.05) is 0 Å². The Morgan fingerprint density at radius 3 is 1.42 bits per heavy atom. The molecule has 1 N–H and O–H groups in total. The number of nitrogens with one attached hydrogen (secondary N) is 1. The average Bonchev–Trinajstić information content (AvgIpc) is 2.33. The highest BCUT2D eigenvalue weighted by atomic mass is 15.0. The molecule has 0 amide bonds. The number of hydrogen-bond acceptors (Lipinski definition) is 1. The van der Waals surface area contributed by atoms with Gasteiger partial charge in [-0.3, -0.25) is 0 Å². The average molecular weight is 171 g/mol. The molecule has 2 unspecified atom stereocenters. The lowest BCUT2D eigenvalue weighted by atomic mass is 10.0. The fraction of sp³-hybridized carbons (Fsp3) is 1.00. The maximum Gasteiger partial charge on any atom is 0.00933 e. The fourth-order valence-corrected chi connectivity index (χ4v) is 1.85. The van der Waals surface area contributed by atoms with E-state index in [1.54, 1.807) is 0 Å². The maximum atomic E-state index is 3.69. The van der Waals surface area contributed by atoms with Crippen LogP contribution in [0, 0.1) is 11.8 Å². The van der Waals surface area contributed by atoms with Crippen LogP contribution in [0.3, 0.4) is 0 Å². The van der Waals surface area contributed by atoms with E-state index in [9.17, 15) is 0 Å². The highest BCUT2D eigenvalue weighted by molar-refractivity contribution is 4.86. The smallest absolute Gasteiger partial charge is 0.00933 e. The van der Waals surface area contributed by atoms with Gasteiger partial charge in [0.15, 0.2) is 0 Å². The molecule has 2 atom stereocenters. The molecule has 1 aliphatic rings. The maximum absolute atomic E-state index is 3.69. The molecule has 1 heteroatoms. The highest BCUT2D eigenvalue weighted by Crippen LogP contribution is 2.22. The molecule has 1 heterocycles.